The van der Waals surface area contributed by atoms with E-state index in [0.29, 0.717) is 11.8 Å². The first kappa shape index (κ1) is 17.5. The van der Waals surface area contributed by atoms with E-state index in [1.807, 2.05) is 6.92 Å². The minimum absolute atomic E-state index is 0.0351. The van der Waals surface area contributed by atoms with Gasteiger partial charge >= 0.3 is 0 Å². The molecule has 23 heavy (non-hydrogen) atoms. The van der Waals surface area contributed by atoms with Gasteiger partial charge in [-0.2, -0.15) is 0 Å². The van der Waals surface area contributed by atoms with Gasteiger partial charge in [0.1, 0.15) is 5.75 Å². The van der Waals surface area contributed by atoms with Crippen LogP contribution in [0.25, 0.3) is 0 Å². The Morgan fingerprint density at radius 3 is 2.57 bits per heavy atom. The molecule has 7 heteroatoms. The van der Waals surface area contributed by atoms with E-state index in [-0.39, 0.29) is 17.8 Å². The monoisotopic (exact) mass is 323 g/mol. The fourth-order valence-electron chi connectivity index (χ4n) is 2.84. The number of aliphatic hydroxyl groups excluding tert-OH is 1. The molecular weight excluding hydrogens is 298 g/mol. The molecule has 0 radical (unpaired) electrons. The number of ether oxygens (including phenoxy) is 1. The lowest BCUT2D eigenvalue weighted by Crippen LogP contribution is -2.48. The maximum Gasteiger partial charge on any atom is 0.273 e. The van der Waals surface area contributed by atoms with Crippen molar-refractivity contribution in [1.82, 2.24) is 5.32 Å². The van der Waals surface area contributed by atoms with Crippen molar-refractivity contribution in [1.29, 1.82) is 0 Å². The summed E-state index contributed by atoms with van der Waals surface area (Å²) >= 11 is 0. The molecule has 7 nitrogen and oxygen atoms in total. The quantitative estimate of drug-likeness (QED) is 0.614. The number of hydrogen-bond donors (Lipinski definition) is 2. The molecule has 1 heterocycles. The number of aliphatic hydroxyl groups is 1. The van der Waals surface area contributed by atoms with Crippen molar-refractivity contribution in [2.24, 2.45) is 0 Å². The lowest BCUT2D eigenvalue weighted by Gasteiger charge is -2.36. The molecular formula is C16H25N3O4. The van der Waals surface area contributed by atoms with E-state index in [9.17, 15) is 15.2 Å². The third-order valence-electron chi connectivity index (χ3n) is 4.43. The van der Waals surface area contributed by atoms with Crippen LogP contribution >= 0.6 is 0 Å². The van der Waals surface area contributed by atoms with Crippen LogP contribution < -0.4 is 15.0 Å². The normalized spacial score (nSPS) is 18.5. The van der Waals surface area contributed by atoms with Gasteiger partial charge < -0.3 is 20.1 Å². The highest BCUT2D eigenvalue weighted by Crippen LogP contribution is 2.33. The molecule has 2 atom stereocenters. The molecule has 0 saturated carbocycles. The first-order valence-corrected chi connectivity index (χ1v) is 7.94. The standard InChI is InChI=1S/C16H25N3O4/c1-11(12(2)20)17-13-6-8-18(9-7-13)15-5-4-14(19(21)22)10-16(15)23-3/h4-5,10-13,17,20H,6-9H2,1-3H3. The maximum absolute atomic E-state index is 10.9. The molecule has 0 spiro atoms. The summed E-state index contributed by atoms with van der Waals surface area (Å²) < 4.78 is 5.32. The zero-order chi connectivity index (χ0) is 17.0. The number of nitro groups is 1. The average molecular weight is 323 g/mol. The van der Waals surface area contributed by atoms with Crippen LogP contribution in [0, 0.1) is 10.1 Å². The van der Waals surface area contributed by atoms with Gasteiger partial charge in [0, 0.05) is 31.2 Å². The smallest absolute Gasteiger partial charge is 0.273 e. The van der Waals surface area contributed by atoms with Gasteiger partial charge in [-0.1, -0.05) is 0 Å². The predicted octanol–water partition coefficient (Wildman–Crippen LogP) is 1.93. The third-order valence-corrected chi connectivity index (χ3v) is 4.43. The zero-order valence-corrected chi connectivity index (χ0v) is 13.9. The van der Waals surface area contributed by atoms with Crippen LogP contribution in [0.5, 0.6) is 5.75 Å². The number of anilines is 1. The van der Waals surface area contributed by atoms with Crippen molar-refractivity contribution in [2.75, 3.05) is 25.1 Å². The van der Waals surface area contributed by atoms with E-state index in [0.717, 1.165) is 31.6 Å². The predicted molar refractivity (Wildman–Crippen MR) is 89.2 cm³/mol. The van der Waals surface area contributed by atoms with E-state index < -0.39 is 4.92 Å². The number of nitrogens with one attached hydrogen (secondary N) is 1. The second kappa shape index (κ2) is 7.61. The van der Waals surface area contributed by atoms with Crippen LogP contribution in [0.3, 0.4) is 0 Å². The van der Waals surface area contributed by atoms with E-state index in [2.05, 4.69) is 10.2 Å². The fourth-order valence-corrected chi connectivity index (χ4v) is 2.84. The van der Waals surface area contributed by atoms with E-state index in [1.165, 1.54) is 19.2 Å². The molecule has 1 aliphatic heterocycles. The van der Waals surface area contributed by atoms with E-state index >= 15 is 0 Å². The van der Waals surface area contributed by atoms with Gasteiger partial charge in [0.25, 0.3) is 5.69 Å². The van der Waals surface area contributed by atoms with E-state index in [1.54, 1.807) is 13.0 Å². The highest BCUT2D eigenvalue weighted by molar-refractivity contribution is 5.62. The SMILES string of the molecule is COc1cc([N+](=O)[O-])ccc1N1CCC(NC(C)C(C)O)CC1. The highest BCUT2D eigenvalue weighted by atomic mass is 16.6. The number of rotatable bonds is 6. The molecule has 1 aromatic rings. The Labute approximate surface area is 136 Å². The van der Waals surface area contributed by atoms with Gasteiger partial charge in [0.15, 0.2) is 0 Å². The summed E-state index contributed by atoms with van der Waals surface area (Å²) in [6.45, 7) is 5.46. The molecule has 0 amide bonds. The van der Waals surface area contributed by atoms with Crippen LogP contribution in [0.4, 0.5) is 11.4 Å². The summed E-state index contributed by atoms with van der Waals surface area (Å²) in [5.74, 6) is 0.531. The van der Waals surface area contributed by atoms with Gasteiger partial charge in [0.2, 0.25) is 0 Å². The van der Waals surface area contributed by atoms with Crippen LogP contribution in [0.1, 0.15) is 26.7 Å². The second-order valence-corrected chi connectivity index (χ2v) is 6.07. The summed E-state index contributed by atoms with van der Waals surface area (Å²) in [6, 6.07) is 5.18. The zero-order valence-electron chi connectivity index (χ0n) is 13.9. The van der Waals surface area contributed by atoms with Crippen molar-refractivity contribution in [3.05, 3.63) is 28.3 Å². The number of non-ortho nitro benzene ring substituents is 1. The lowest BCUT2D eigenvalue weighted by molar-refractivity contribution is -0.384. The summed E-state index contributed by atoms with van der Waals surface area (Å²) in [5.41, 5.74) is 0.924. The maximum atomic E-state index is 10.9. The highest BCUT2D eigenvalue weighted by Gasteiger charge is 2.24. The van der Waals surface area contributed by atoms with Crippen LogP contribution in [0.2, 0.25) is 0 Å². The molecule has 128 valence electrons. The summed E-state index contributed by atoms with van der Waals surface area (Å²) in [4.78, 5) is 12.6. The topological polar surface area (TPSA) is 87.9 Å². The number of methoxy groups -OCH3 is 1. The number of hydrogen-bond acceptors (Lipinski definition) is 6. The number of nitro benzene ring substituents is 1. The minimum atomic E-state index is -0.417. The van der Waals surface area contributed by atoms with Crippen molar-refractivity contribution in [2.45, 2.75) is 44.9 Å². The molecule has 0 aliphatic carbocycles. The van der Waals surface area contributed by atoms with Crippen LogP contribution in [0.15, 0.2) is 18.2 Å². The number of piperidine rings is 1. The molecule has 0 aromatic heterocycles. The van der Waals surface area contributed by atoms with Gasteiger partial charge in [-0.3, -0.25) is 10.1 Å². The molecule has 0 bridgehead atoms. The Bertz CT molecular complexity index is 542. The van der Waals surface area contributed by atoms with Crippen molar-refractivity contribution < 1.29 is 14.8 Å². The Kier molecular flexibility index (Phi) is 5.79. The number of benzene rings is 1. The van der Waals surface area contributed by atoms with Crippen LogP contribution in [-0.4, -0.2) is 48.4 Å². The molecule has 1 saturated heterocycles. The first-order chi connectivity index (χ1) is 10.9. The van der Waals surface area contributed by atoms with Gasteiger partial charge in [0.05, 0.1) is 29.9 Å². The molecule has 2 N–H and O–H groups in total. The molecule has 1 aliphatic rings. The van der Waals surface area contributed by atoms with Gasteiger partial charge in [-0.25, -0.2) is 0 Å². The van der Waals surface area contributed by atoms with Crippen LogP contribution in [-0.2, 0) is 0 Å². The largest absolute Gasteiger partial charge is 0.494 e. The van der Waals surface area contributed by atoms with Crippen molar-refractivity contribution in [3.63, 3.8) is 0 Å². The second-order valence-electron chi connectivity index (χ2n) is 6.07. The Hall–Kier alpha value is -1.86. The average Bonchev–Trinajstić information content (AvgIpc) is 2.54. The summed E-state index contributed by atoms with van der Waals surface area (Å²) in [7, 11) is 1.53. The molecule has 2 unspecified atom stereocenters. The summed E-state index contributed by atoms with van der Waals surface area (Å²) in [6.07, 6.45) is 1.54. The Balaban J connectivity index is 2.01. The van der Waals surface area contributed by atoms with E-state index in [4.69, 9.17) is 4.74 Å². The molecule has 1 fully saturated rings. The Morgan fingerprint density at radius 2 is 2.04 bits per heavy atom. The molecule has 2 rings (SSSR count). The number of nitrogens with zero attached hydrogens (tertiary/aromatic N) is 2. The fraction of sp³-hybridized carbons (Fsp3) is 0.625. The van der Waals surface area contributed by atoms with Crippen molar-refractivity contribution in [3.8, 4) is 5.75 Å². The van der Waals surface area contributed by atoms with Crippen molar-refractivity contribution >= 4 is 11.4 Å². The first-order valence-electron chi connectivity index (χ1n) is 7.94. The minimum Gasteiger partial charge on any atom is -0.494 e. The Morgan fingerprint density at radius 1 is 1.39 bits per heavy atom. The third kappa shape index (κ3) is 4.33. The molecule has 1 aromatic carbocycles. The van der Waals surface area contributed by atoms with Gasteiger partial charge in [-0.05, 0) is 32.8 Å². The van der Waals surface area contributed by atoms with Gasteiger partial charge in [-0.15, -0.1) is 0 Å². The summed E-state index contributed by atoms with van der Waals surface area (Å²) in [5, 5.41) is 23.9. The lowest BCUT2D eigenvalue weighted by atomic mass is 10.0.